The van der Waals surface area contributed by atoms with E-state index in [4.69, 9.17) is 0 Å². The summed E-state index contributed by atoms with van der Waals surface area (Å²) in [6.45, 7) is 2.98. The van der Waals surface area contributed by atoms with Gasteiger partial charge in [-0.1, -0.05) is 56.5 Å². The van der Waals surface area contributed by atoms with Gasteiger partial charge in [0.05, 0.1) is 16.8 Å². The minimum absolute atomic E-state index is 0.139. The van der Waals surface area contributed by atoms with Crippen LogP contribution in [0.5, 0.6) is 0 Å². The number of nitrogens with zero attached hydrogens (tertiary/aromatic N) is 1. The van der Waals surface area contributed by atoms with Gasteiger partial charge in [-0.15, -0.1) is 0 Å². The number of pyridine rings is 1. The molecule has 0 saturated carbocycles. The Bertz CT molecular complexity index is 974. The normalized spacial score (nSPS) is 11.0. The first kappa shape index (κ1) is 17.9. The minimum atomic E-state index is -1.02. The average molecular weight is 349 g/mol. The number of carboxylic acid groups (broad SMARTS) is 1. The van der Waals surface area contributed by atoms with E-state index in [9.17, 15) is 14.7 Å². The van der Waals surface area contributed by atoms with Crippen molar-refractivity contribution in [2.45, 2.75) is 39.2 Å². The Morgan fingerprint density at radius 3 is 2.46 bits per heavy atom. The van der Waals surface area contributed by atoms with Gasteiger partial charge in [-0.05, 0) is 30.2 Å². The summed E-state index contributed by atoms with van der Waals surface area (Å²) < 4.78 is 2.15. The van der Waals surface area contributed by atoms with Gasteiger partial charge in [-0.2, -0.15) is 0 Å². The molecule has 3 rings (SSSR count). The van der Waals surface area contributed by atoms with Crippen LogP contribution in [0.3, 0.4) is 0 Å². The molecule has 1 aromatic heterocycles. The first-order valence-corrected chi connectivity index (χ1v) is 9.08. The van der Waals surface area contributed by atoms with Crippen molar-refractivity contribution < 1.29 is 9.90 Å². The predicted octanol–water partition coefficient (Wildman–Crippen LogP) is 4.95. The van der Waals surface area contributed by atoms with Gasteiger partial charge in [0.1, 0.15) is 0 Å². The lowest BCUT2D eigenvalue weighted by molar-refractivity contribution is 0.0697. The number of rotatable bonds is 7. The molecule has 0 aliphatic carbocycles. The number of unbranched alkanes of at least 4 members (excludes halogenated alkanes) is 3. The fourth-order valence-electron chi connectivity index (χ4n) is 3.30. The zero-order valence-corrected chi connectivity index (χ0v) is 14.9. The number of aromatic nitrogens is 1. The molecule has 134 valence electrons. The molecule has 0 aliphatic rings. The van der Waals surface area contributed by atoms with Crippen molar-refractivity contribution in [3.63, 3.8) is 0 Å². The standard InChI is InChI=1S/C22H23NO3/c1-2-3-4-8-13-23-19-12-11-17(22(25)26)14-18(19)21(24)15-20(23)16-9-6-5-7-10-16/h5-7,9-12,14-15H,2-4,8,13H2,1H3,(H,25,26). The van der Waals surface area contributed by atoms with Crippen molar-refractivity contribution >= 4 is 16.9 Å². The van der Waals surface area contributed by atoms with Gasteiger partial charge in [0.25, 0.3) is 0 Å². The van der Waals surface area contributed by atoms with Crippen molar-refractivity contribution in [1.29, 1.82) is 0 Å². The maximum atomic E-state index is 12.7. The number of hydrogen-bond acceptors (Lipinski definition) is 2. The maximum Gasteiger partial charge on any atom is 0.335 e. The molecular formula is C22H23NO3. The van der Waals surface area contributed by atoms with Crippen LogP contribution in [-0.2, 0) is 6.54 Å². The Hall–Kier alpha value is -2.88. The molecule has 4 nitrogen and oxygen atoms in total. The smallest absolute Gasteiger partial charge is 0.335 e. The van der Waals surface area contributed by atoms with Crippen LogP contribution in [0, 0.1) is 0 Å². The van der Waals surface area contributed by atoms with Gasteiger partial charge in [-0.3, -0.25) is 4.79 Å². The van der Waals surface area contributed by atoms with Gasteiger partial charge in [0.15, 0.2) is 5.43 Å². The minimum Gasteiger partial charge on any atom is -0.478 e. The maximum absolute atomic E-state index is 12.7. The number of aromatic carboxylic acids is 1. The molecule has 1 N–H and O–H groups in total. The van der Waals surface area contributed by atoms with Crippen molar-refractivity contribution in [3.05, 3.63) is 70.4 Å². The largest absolute Gasteiger partial charge is 0.478 e. The van der Waals surface area contributed by atoms with Crippen LogP contribution < -0.4 is 5.43 Å². The number of aryl methyl sites for hydroxylation is 1. The molecule has 0 saturated heterocycles. The Balaban J connectivity index is 2.17. The Labute approximate surface area is 152 Å². The Morgan fingerprint density at radius 1 is 1.00 bits per heavy atom. The van der Waals surface area contributed by atoms with E-state index in [0.29, 0.717) is 5.39 Å². The Kier molecular flexibility index (Phi) is 5.52. The molecule has 1 heterocycles. The van der Waals surface area contributed by atoms with E-state index in [2.05, 4.69) is 11.5 Å². The third kappa shape index (κ3) is 3.69. The van der Waals surface area contributed by atoms with Gasteiger partial charge in [0, 0.05) is 18.0 Å². The predicted molar refractivity (Wildman–Crippen MR) is 105 cm³/mol. The van der Waals surface area contributed by atoms with Crippen LogP contribution in [0.2, 0.25) is 0 Å². The highest BCUT2D eigenvalue weighted by atomic mass is 16.4. The molecular weight excluding hydrogens is 326 g/mol. The fraction of sp³-hybridized carbons (Fsp3) is 0.273. The zero-order chi connectivity index (χ0) is 18.5. The summed E-state index contributed by atoms with van der Waals surface area (Å²) >= 11 is 0. The van der Waals surface area contributed by atoms with Crippen LogP contribution in [-0.4, -0.2) is 15.6 Å². The van der Waals surface area contributed by atoms with Gasteiger partial charge >= 0.3 is 5.97 Å². The molecule has 0 radical (unpaired) electrons. The summed E-state index contributed by atoms with van der Waals surface area (Å²) in [6.07, 6.45) is 4.50. The third-order valence-electron chi connectivity index (χ3n) is 4.66. The summed E-state index contributed by atoms with van der Waals surface area (Å²) in [5.74, 6) is -1.02. The topological polar surface area (TPSA) is 59.3 Å². The number of fused-ring (bicyclic) bond motifs is 1. The highest BCUT2D eigenvalue weighted by Gasteiger charge is 2.13. The summed E-state index contributed by atoms with van der Waals surface area (Å²) in [5.41, 5.74) is 2.65. The number of carbonyl (C=O) groups is 1. The SMILES string of the molecule is CCCCCCn1c(-c2ccccc2)cc(=O)c2cc(C(=O)O)ccc21. The van der Waals surface area contributed by atoms with Crippen LogP contribution in [0.4, 0.5) is 0 Å². The van der Waals surface area contributed by atoms with Gasteiger partial charge < -0.3 is 9.67 Å². The van der Waals surface area contributed by atoms with Crippen molar-refractivity contribution in [3.8, 4) is 11.3 Å². The highest BCUT2D eigenvalue weighted by Crippen LogP contribution is 2.24. The quantitative estimate of drug-likeness (QED) is 0.614. The molecule has 3 aromatic rings. The summed E-state index contributed by atoms with van der Waals surface area (Å²) in [4.78, 5) is 23.9. The summed E-state index contributed by atoms with van der Waals surface area (Å²) in [5, 5.41) is 9.69. The third-order valence-corrected chi connectivity index (χ3v) is 4.66. The van der Waals surface area contributed by atoms with Gasteiger partial charge in [0.2, 0.25) is 0 Å². The van der Waals surface area contributed by atoms with E-state index in [-0.39, 0.29) is 11.0 Å². The van der Waals surface area contributed by atoms with E-state index in [1.165, 1.54) is 18.9 Å². The molecule has 0 amide bonds. The molecule has 4 heteroatoms. The molecule has 2 aromatic carbocycles. The molecule has 0 atom stereocenters. The van der Waals surface area contributed by atoms with Crippen LogP contribution in [0.1, 0.15) is 43.0 Å². The first-order valence-electron chi connectivity index (χ1n) is 9.08. The fourth-order valence-corrected chi connectivity index (χ4v) is 3.30. The van der Waals surface area contributed by atoms with E-state index in [1.807, 2.05) is 30.3 Å². The average Bonchev–Trinajstić information content (AvgIpc) is 2.66. The molecule has 26 heavy (non-hydrogen) atoms. The molecule has 0 fully saturated rings. The van der Waals surface area contributed by atoms with Crippen LogP contribution >= 0.6 is 0 Å². The second-order valence-electron chi connectivity index (χ2n) is 6.51. The monoisotopic (exact) mass is 349 g/mol. The molecule has 0 spiro atoms. The lowest BCUT2D eigenvalue weighted by Gasteiger charge is -2.17. The molecule has 0 unspecified atom stereocenters. The second-order valence-corrected chi connectivity index (χ2v) is 6.51. The van der Waals surface area contributed by atoms with Crippen LogP contribution in [0.25, 0.3) is 22.2 Å². The van der Waals surface area contributed by atoms with Crippen molar-refractivity contribution in [2.24, 2.45) is 0 Å². The lowest BCUT2D eigenvalue weighted by Crippen LogP contribution is -2.13. The lowest BCUT2D eigenvalue weighted by atomic mass is 10.1. The summed E-state index contributed by atoms with van der Waals surface area (Å²) in [7, 11) is 0. The van der Waals surface area contributed by atoms with Crippen molar-refractivity contribution in [2.75, 3.05) is 0 Å². The zero-order valence-electron chi connectivity index (χ0n) is 14.9. The van der Waals surface area contributed by atoms with E-state index >= 15 is 0 Å². The Morgan fingerprint density at radius 2 is 1.77 bits per heavy atom. The molecule has 0 aliphatic heterocycles. The van der Waals surface area contributed by atoms with Crippen LogP contribution in [0.15, 0.2) is 59.4 Å². The second kappa shape index (κ2) is 8.00. The molecule has 0 bridgehead atoms. The number of hydrogen-bond donors (Lipinski definition) is 1. The summed E-state index contributed by atoms with van der Waals surface area (Å²) in [6, 6.07) is 16.3. The van der Waals surface area contributed by atoms with E-state index in [0.717, 1.165) is 36.2 Å². The van der Waals surface area contributed by atoms with Crippen molar-refractivity contribution in [1.82, 2.24) is 4.57 Å². The number of benzene rings is 2. The highest BCUT2D eigenvalue weighted by molar-refractivity contribution is 5.94. The van der Waals surface area contributed by atoms with E-state index < -0.39 is 5.97 Å². The van der Waals surface area contributed by atoms with E-state index in [1.54, 1.807) is 18.2 Å². The number of carboxylic acids is 1. The van der Waals surface area contributed by atoms with Gasteiger partial charge in [-0.25, -0.2) is 4.79 Å². The first-order chi connectivity index (χ1) is 12.6.